The quantitative estimate of drug-likeness (QED) is 0.893. The summed E-state index contributed by atoms with van der Waals surface area (Å²) in [5.74, 6) is 0.512. The first kappa shape index (κ1) is 17.2. The normalized spacial score (nSPS) is 17.2. The number of hydrogen-bond acceptors (Lipinski definition) is 6. The van der Waals surface area contributed by atoms with Crippen molar-refractivity contribution in [3.8, 4) is 5.75 Å². The topological polar surface area (TPSA) is 76.6 Å². The van der Waals surface area contributed by atoms with Crippen LogP contribution in [0.25, 0.3) is 0 Å². The van der Waals surface area contributed by atoms with E-state index in [1.165, 1.54) is 0 Å². The SMILES string of the molecule is CNc1cc(C)nc(C2CN(C(=O)COc3cccnc3)CCO2)c1. The van der Waals surface area contributed by atoms with Crippen LogP contribution in [0.5, 0.6) is 5.75 Å². The molecule has 1 aliphatic rings. The lowest BCUT2D eigenvalue weighted by Crippen LogP contribution is -2.44. The summed E-state index contributed by atoms with van der Waals surface area (Å²) in [6.07, 6.45) is 3.02. The van der Waals surface area contributed by atoms with Gasteiger partial charge in [0, 0.05) is 31.2 Å². The average molecular weight is 342 g/mol. The molecule has 0 aromatic carbocycles. The Bertz CT molecular complexity index is 724. The highest BCUT2D eigenvalue weighted by Gasteiger charge is 2.27. The third-order valence-electron chi connectivity index (χ3n) is 4.01. The van der Waals surface area contributed by atoms with E-state index in [9.17, 15) is 4.79 Å². The number of nitrogens with one attached hydrogen (secondary N) is 1. The highest BCUT2D eigenvalue weighted by molar-refractivity contribution is 5.78. The molecule has 1 aliphatic heterocycles. The van der Waals surface area contributed by atoms with Crippen LogP contribution in [0.2, 0.25) is 0 Å². The molecule has 25 heavy (non-hydrogen) atoms. The molecule has 2 aromatic rings. The zero-order valence-electron chi connectivity index (χ0n) is 14.4. The van der Waals surface area contributed by atoms with Crippen molar-refractivity contribution < 1.29 is 14.3 Å². The summed E-state index contributed by atoms with van der Waals surface area (Å²) in [5, 5.41) is 3.12. The Kier molecular flexibility index (Phi) is 5.45. The Morgan fingerprint density at radius 1 is 1.48 bits per heavy atom. The van der Waals surface area contributed by atoms with E-state index in [0.717, 1.165) is 17.1 Å². The second-order valence-electron chi connectivity index (χ2n) is 5.85. The second kappa shape index (κ2) is 7.94. The van der Waals surface area contributed by atoms with Gasteiger partial charge in [-0.25, -0.2) is 0 Å². The van der Waals surface area contributed by atoms with E-state index in [-0.39, 0.29) is 18.6 Å². The molecule has 7 nitrogen and oxygen atoms in total. The summed E-state index contributed by atoms with van der Waals surface area (Å²) in [6.45, 7) is 3.43. The van der Waals surface area contributed by atoms with Crippen LogP contribution in [0, 0.1) is 6.92 Å². The number of rotatable bonds is 5. The minimum absolute atomic E-state index is 0.0125. The largest absolute Gasteiger partial charge is 0.482 e. The van der Waals surface area contributed by atoms with Crippen LogP contribution in [0.15, 0.2) is 36.7 Å². The van der Waals surface area contributed by atoms with E-state index >= 15 is 0 Å². The first-order valence-corrected chi connectivity index (χ1v) is 8.24. The molecular formula is C18H22N4O3. The summed E-state index contributed by atoms with van der Waals surface area (Å²) in [6, 6.07) is 7.47. The fourth-order valence-electron chi connectivity index (χ4n) is 2.73. The minimum atomic E-state index is -0.233. The molecule has 1 atom stereocenters. The monoisotopic (exact) mass is 342 g/mol. The van der Waals surface area contributed by atoms with E-state index in [1.54, 1.807) is 29.4 Å². The lowest BCUT2D eigenvalue weighted by atomic mass is 10.1. The Balaban J connectivity index is 1.62. The van der Waals surface area contributed by atoms with Crippen molar-refractivity contribution in [3.05, 3.63) is 48.0 Å². The van der Waals surface area contributed by atoms with Crippen molar-refractivity contribution in [1.82, 2.24) is 14.9 Å². The molecule has 1 saturated heterocycles. The molecule has 2 aromatic heterocycles. The molecule has 1 fully saturated rings. The second-order valence-corrected chi connectivity index (χ2v) is 5.85. The van der Waals surface area contributed by atoms with Crippen molar-refractivity contribution in [3.63, 3.8) is 0 Å². The summed E-state index contributed by atoms with van der Waals surface area (Å²) in [4.78, 5) is 22.7. The van der Waals surface area contributed by atoms with Crippen LogP contribution in [0.1, 0.15) is 17.5 Å². The van der Waals surface area contributed by atoms with Crippen molar-refractivity contribution in [2.45, 2.75) is 13.0 Å². The molecule has 0 spiro atoms. The number of morpholine rings is 1. The zero-order chi connectivity index (χ0) is 17.6. The molecule has 1 amide bonds. The van der Waals surface area contributed by atoms with Gasteiger partial charge in [-0.3, -0.25) is 14.8 Å². The van der Waals surface area contributed by atoms with Gasteiger partial charge in [-0.1, -0.05) is 0 Å². The molecule has 3 rings (SSSR count). The molecular weight excluding hydrogens is 320 g/mol. The number of aryl methyl sites for hydroxylation is 1. The number of aromatic nitrogens is 2. The fourth-order valence-corrected chi connectivity index (χ4v) is 2.73. The van der Waals surface area contributed by atoms with Gasteiger partial charge in [-0.15, -0.1) is 0 Å². The standard InChI is InChI=1S/C18H22N4O3/c1-13-8-14(19-2)9-16(21-13)17-11-22(6-7-24-17)18(23)12-25-15-4-3-5-20-10-15/h3-5,8-10,17H,6-7,11-12H2,1-2H3,(H,19,21). The van der Waals surface area contributed by atoms with Crippen molar-refractivity contribution >= 4 is 11.6 Å². The maximum atomic E-state index is 12.4. The highest BCUT2D eigenvalue weighted by atomic mass is 16.5. The maximum Gasteiger partial charge on any atom is 0.260 e. The van der Waals surface area contributed by atoms with E-state index in [1.807, 2.05) is 26.1 Å². The number of pyridine rings is 2. The van der Waals surface area contributed by atoms with E-state index in [0.29, 0.717) is 25.4 Å². The molecule has 1 N–H and O–H groups in total. The van der Waals surface area contributed by atoms with Crippen LogP contribution in [0.4, 0.5) is 5.69 Å². The summed E-state index contributed by atoms with van der Waals surface area (Å²) >= 11 is 0. The van der Waals surface area contributed by atoms with Crippen LogP contribution >= 0.6 is 0 Å². The van der Waals surface area contributed by atoms with Gasteiger partial charge in [0.15, 0.2) is 6.61 Å². The summed E-state index contributed by atoms with van der Waals surface area (Å²) in [5.41, 5.74) is 2.72. The van der Waals surface area contributed by atoms with E-state index in [4.69, 9.17) is 9.47 Å². The van der Waals surface area contributed by atoms with E-state index in [2.05, 4.69) is 15.3 Å². The Hall–Kier alpha value is -2.67. The van der Waals surface area contributed by atoms with E-state index < -0.39 is 0 Å². The van der Waals surface area contributed by atoms with Gasteiger partial charge < -0.3 is 19.7 Å². The Labute approximate surface area is 147 Å². The summed E-state index contributed by atoms with van der Waals surface area (Å²) in [7, 11) is 1.87. The minimum Gasteiger partial charge on any atom is -0.482 e. The Morgan fingerprint density at radius 2 is 2.36 bits per heavy atom. The third-order valence-corrected chi connectivity index (χ3v) is 4.01. The van der Waals surface area contributed by atoms with Crippen LogP contribution in [0.3, 0.4) is 0 Å². The molecule has 0 bridgehead atoms. The summed E-state index contributed by atoms with van der Waals surface area (Å²) < 4.78 is 11.3. The zero-order valence-corrected chi connectivity index (χ0v) is 14.4. The van der Waals surface area contributed by atoms with Crippen molar-refractivity contribution in [2.24, 2.45) is 0 Å². The predicted molar refractivity (Wildman–Crippen MR) is 93.5 cm³/mol. The number of carbonyl (C=O) groups excluding carboxylic acids is 1. The average Bonchev–Trinajstić information content (AvgIpc) is 2.66. The van der Waals surface area contributed by atoms with Crippen LogP contribution in [-0.4, -0.2) is 54.1 Å². The molecule has 7 heteroatoms. The van der Waals surface area contributed by atoms with Gasteiger partial charge in [0.25, 0.3) is 5.91 Å². The molecule has 3 heterocycles. The fraction of sp³-hybridized carbons (Fsp3) is 0.389. The van der Waals surface area contributed by atoms with Crippen molar-refractivity contribution in [1.29, 1.82) is 0 Å². The van der Waals surface area contributed by atoms with Gasteiger partial charge in [0.05, 0.1) is 25.0 Å². The molecule has 0 radical (unpaired) electrons. The number of hydrogen-bond donors (Lipinski definition) is 1. The first-order chi connectivity index (χ1) is 12.2. The van der Waals surface area contributed by atoms with Crippen LogP contribution < -0.4 is 10.1 Å². The van der Waals surface area contributed by atoms with Crippen molar-refractivity contribution in [2.75, 3.05) is 38.7 Å². The predicted octanol–water partition coefficient (Wildman–Crippen LogP) is 1.81. The molecule has 132 valence electrons. The number of amides is 1. The number of anilines is 1. The van der Waals surface area contributed by atoms with Gasteiger partial charge in [-0.05, 0) is 31.2 Å². The lowest BCUT2D eigenvalue weighted by molar-refractivity contribution is -0.141. The Morgan fingerprint density at radius 3 is 3.12 bits per heavy atom. The lowest BCUT2D eigenvalue weighted by Gasteiger charge is -2.32. The first-order valence-electron chi connectivity index (χ1n) is 8.24. The third kappa shape index (κ3) is 4.45. The highest BCUT2D eigenvalue weighted by Crippen LogP contribution is 2.24. The maximum absolute atomic E-state index is 12.4. The van der Waals surface area contributed by atoms with Gasteiger partial charge in [0.1, 0.15) is 11.9 Å². The van der Waals surface area contributed by atoms with Gasteiger partial charge >= 0.3 is 0 Å². The van der Waals surface area contributed by atoms with Gasteiger partial charge in [-0.2, -0.15) is 0 Å². The van der Waals surface area contributed by atoms with Crippen LogP contribution in [-0.2, 0) is 9.53 Å². The molecule has 1 unspecified atom stereocenters. The van der Waals surface area contributed by atoms with Gasteiger partial charge in [0.2, 0.25) is 0 Å². The molecule has 0 saturated carbocycles. The number of nitrogens with zero attached hydrogens (tertiary/aromatic N) is 3. The number of ether oxygens (including phenoxy) is 2. The molecule has 0 aliphatic carbocycles. The smallest absolute Gasteiger partial charge is 0.260 e. The number of carbonyl (C=O) groups is 1.